The largest absolute Gasteiger partial charge is 0.468 e. The van der Waals surface area contributed by atoms with Gasteiger partial charge in [-0.15, -0.1) is 0 Å². The van der Waals surface area contributed by atoms with Crippen molar-refractivity contribution in [3.63, 3.8) is 0 Å². The van der Waals surface area contributed by atoms with E-state index in [1.54, 1.807) is 6.26 Å². The van der Waals surface area contributed by atoms with Crippen LogP contribution in [0.2, 0.25) is 0 Å². The van der Waals surface area contributed by atoms with Crippen molar-refractivity contribution in [1.82, 2.24) is 4.90 Å². The van der Waals surface area contributed by atoms with E-state index in [9.17, 15) is 4.79 Å². The molecule has 0 bridgehead atoms. The molecule has 3 rings (SSSR count). The molecule has 1 saturated carbocycles. The van der Waals surface area contributed by atoms with Gasteiger partial charge < -0.3 is 9.15 Å². The van der Waals surface area contributed by atoms with Crippen LogP contribution < -0.4 is 0 Å². The van der Waals surface area contributed by atoms with E-state index in [0.29, 0.717) is 18.4 Å². The summed E-state index contributed by atoms with van der Waals surface area (Å²) in [4.78, 5) is 14.2. The Morgan fingerprint density at radius 3 is 3.17 bits per heavy atom. The minimum absolute atomic E-state index is 0.0763. The van der Waals surface area contributed by atoms with E-state index in [1.165, 1.54) is 20.0 Å². The lowest BCUT2D eigenvalue weighted by molar-refractivity contribution is -0.147. The van der Waals surface area contributed by atoms with Gasteiger partial charge in [0, 0.05) is 6.54 Å². The van der Waals surface area contributed by atoms with Crippen LogP contribution in [0.25, 0.3) is 0 Å². The van der Waals surface area contributed by atoms with Crippen molar-refractivity contribution in [2.24, 2.45) is 11.8 Å². The summed E-state index contributed by atoms with van der Waals surface area (Å²) in [5.41, 5.74) is 0. The Balaban J connectivity index is 1.77. The van der Waals surface area contributed by atoms with Gasteiger partial charge in [-0.05, 0) is 36.8 Å². The topological polar surface area (TPSA) is 42.7 Å². The van der Waals surface area contributed by atoms with Crippen LogP contribution in [0.4, 0.5) is 0 Å². The summed E-state index contributed by atoms with van der Waals surface area (Å²) in [5.74, 6) is 1.97. The lowest BCUT2D eigenvalue weighted by Crippen LogP contribution is -2.39. The van der Waals surface area contributed by atoms with Crippen LogP contribution in [0.3, 0.4) is 0 Å². The van der Waals surface area contributed by atoms with E-state index in [2.05, 4.69) is 4.90 Å². The first-order valence-electron chi connectivity index (χ1n) is 6.64. The smallest absolute Gasteiger partial charge is 0.323 e. The van der Waals surface area contributed by atoms with Crippen molar-refractivity contribution in [3.05, 3.63) is 24.2 Å². The molecule has 0 aromatic carbocycles. The monoisotopic (exact) mass is 249 g/mol. The maximum absolute atomic E-state index is 12.0. The van der Waals surface area contributed by atoms with Gasteiger partial charge in [0.05, 0.1) is 19.9 Å². The maximum atomic E-state index is 12.0. The van der Waals surface area contributed by atoms with Crippen molar-refractivity contribution >= 4 is 5.97 Å². The third-order valence-corrected chi connectivity index (χ3v) is 4.37. The van der Waals surface area contributed by atoms with Gasteiger partial charge in [0.1, 0.15) is 11.8 Å². The van der Waals surface area contributed by atoms with Crippen molar-refractivity contribution in [2.45, 2.75) is 31.8 Å². The van der Waals surface area contributed by atoms with E-state index in [1.807, 2.05) is 12.1 Å². The second-order valence-electron chi connectivity index (χ2n) is 5.33. The SMILES string of the molecule is COC(=O)[C@@H]1[C@@H]2CCC[C@@H]2CN1Cc1ccco1. The van der Waals surface area contributed by atoms with Gasteiger partial charge in [-0.3, -0.25) is 9.69 Å². The first kappa shape index (κ1) is 11.8. The highest BCUT2D eigenvalue weighted by atomic mass is 16.5. The number of hydrogen-bond donors (Lipinski definition) is 0. The number of ether oxygens (including phenoxy) is 1. The number of carbonyl (C=O) groups is 1. The summed E-state index contributed by atoms with van der Waals surface area (Å²) < 4.78 is 10.4. The number of rotatable bonds is 3. The maximum Gasteiger partial charge on any atom is 0.323 e. The Morgan fingerprint density at radius 2 is 2.44 bits per heavy atom. The number of nitrogens with zero attached hydrogens (tertiary/aromatic N) is 1. The number of carbonyl (C=O) groups excluding carboxylic acids is 1. The minimum Gasteiger partial charge on any atom is -0.468 e. The van der Waals surface area contributed by atoms with Crippen molar-refractivity contribution < 1.29 is 13.9 Å². The molecule has 0 unspecified atom stereocenters. The third kappa shape index (κ3) is 1.94. The molecule has 2 fully saturated rings. The fourth-order valence-electron chi connectivity index (χ4n) is 3.60. The van der Waals surface area contributed by atoms with Gasteiger partial charge in [-0.1, -0.05) is 6.42 Å². The number of fused-ring (bicyclic) bond motifs is 1. The summed E-state index contributed by atoms with van der Waals surface area (Å²) in [6, 6.07) is 3.77. The fourth-order valence-corrected chi connectivity index (χ4v) is 3.60. The molecule has 1 aromatic rings. The van der Waals surface area contributed by atoms with Gasteiger partial charge in [-0.25, -0.2) is 0 Å². The summed E-state index contributed by atoms with van der Waals surface area (Å²) in [7, 11) is 1.48. The van der Waals surface area contributed by atoms with E-state index in [4.69, 9.17) is 9.15 Å². The molecule has 2 heterocycles. The third-order valence-electron chi connectivity index (χ3n) is 4.37. The van der Waals surface area contributed by atoms with Crippen LogP contribution in [0.5, 0.6) is 0 Å². The molecule has 0 amide bonds. The highest BCUT2D eigenvalue weighted by Crippen LogP contribution is 2.43. The van der Waals surface area contributed by atoms with Gasteiger partial charge in [-0.2, -0.15) is 0 Å². The van der Waals surface area contributed by atoms with Gasteiger partial charge in [0.25, 0.3) is 0 Å². The Morgan fingerprint density at radius 1 is 1.56 bits per heavy atom. The molecule has 3 atom stereocenters. The van der Waals surface area contributed by atoms with Gasteiger partial charge >= 0.3 is 5.97 Å². The molecule has 1 aliphatic carbocycles. The standard InChI is InChI=1S/C14H19NO3/c1-17-14(16)13-12-6-2-4-10(12)8-15(13)9-11-5-3-7-18-11/h3,5,7,10,12-13H,2,4,6,8-9H2,1H3/t10-,12-,13+/m1/s1. The van der Waals surface area contributed by atoms with Crippen LogP contribution in [0, 0.1) is 11.8 Å². The lowest BCUT2D eigenvalue weighted by atomic mass is 9.94. The zero-order valence-electron chi connectivity index (χ0n) is 10.7. The molecule has 0 spiro atoms. The first-order valence-corrected chi connectivity index (χ1v) is 6.64. The van der Waals surface area contributed by atoms with E-state index >= 15 is 0 Å². The molecular weight excluding hydrogens is 230 g/mol. The van der Waals surface area contributed by atoms with Crippen LogP contribution >= 0.6 is 0 Å². The predicted octanol–water partition coefficient (Wildman–Crippen LogP) is 2.05. The average Bonchev–Trinajstić information content (AvgIpc) is 3.04. The van der Waals surface area contributed by atoms with Crippen LogP contribution in [-0.2, 0) is 16.1 Å². The van der Waals surface area contributed by atoms with Crippen molar-refractivity contribution in [1.29, 1.82) is 0 Å². The Labute approximate surface area is 107 Å². The predicted molar refractivity (Wildman–Crippen MR) is 65.8 cm³/mol. The molecule has 98 valence electrons. The zero-order valence-corrected chi connectivity index (χ0v) is 10.7. The van der Waals surface area contributed by atoms with E-state index in [0.717, 1.165) is 18.7 Å². The molecule has 1 saturated heterocycles. The second kappa shape index (κ2) is 4.76. The quantitative estimate of drug-likeness (QED) is 0.769. The Kier molecular flexibility index (Phi) is 3.12. The molecule has 1 aliphatic heterocycles. The van der Waals surface area contributed by atoms with E-state index < -0.39 is 0 Å². The van der Waals surface area contributed by atoms with Gasteiger partial charge in [0.2, 0.25) is 0 Å². The minimum atomic E-state index is -0.0871. The lowest BCUT2D eigenvalue weighted by Gasteiger charge is -2.24. The highest BCUT2D eigenvalue weighted by molar-refractivity contribution is 5.76. The molecule has 18 heavy (non-hydrogen) atoms. The van der Waals surface area contributed by atoms with Gasteiger partial charge in [0.15, 0.2) is 0 Å². The normalized spacial score (nSPS) is 31.5. The molecule has 4 nitrogen and oxygen atoms in total. The summed E-state index contributed by atoms with van der Waals surface area (Å²) in [6.07, 6.45) is 5.32. The highest BCUT2D eigenvalue weighted by Gasteiger charge is 2.48. The summed E-state index contributed by atoms with van der Waals surface area (Å²) in [5, 5.41) is 0. The summed E-state index contributed by atoms with van der Waals surface area (Å²) >= 11 is 0. The molecular formula is C14H19NO3. The molecule has 2 aliphatic rings. The number of furan rings is 1. The molecule has 1 aromatic heterocycles. The van der Waals surface area contributed by atoms with Crippen LogP contribution in [-0.4, -0.2) is 30.6 Å². The van der Waals surface area contributed by atoms with Crippen molar-refractivity contribution in [3.8, 4) is 0 Å². The number of methoxy groups -OCH3 is 1. The van der Waals surface area contributed by atoms with E-state index in [-0.39, 0.29) is 12.0 Å². The summed E-state index contributed by atoms with van der Waals surface area (Å²) in [6.45, 7) is 1.70. The fraction of sp³-hybridized carbons (Fsp3) is 0.643. The molecule has 0 radical (unpaired) electrons. The molecule has 0 N–H and O–H groups in total. The number of hydrogen-bond acceptors (Lipinski definition) is 4. The Hall–Kier alpha value is -1.29. The number of esters is 1. The van der Waals surface area contributed by atoms with Crippen LogP contribution in [0.15, 0.2) is 22.8 Å². The number of likely N-dealkylation sites (tertiary alicyclic amines) is 1. The zero-order chi connectivity index (χ0) is 12.5. The Bertz CT molecular complexity index is 415. The molecule has 4 heteroatoms. The average molecular weight is 249 g/mol. The second-order valence-corrected chi connectivity index (χ2v) is 5.33. The van der Waals surface area contributed by atoms with Crippen LogP contribution in [0.1, 0.15) is 25.0 Å². The first-order chi connectivity index (χ1) is 8.79. The van der Waals surface area contributed by atoms with Crippen molar-refractivity contribution in [2.75, 3.05) is 13.7 Å².